The zero-order valence-corrected chi connectivity index (χ0v) is 14.0. The first kappa shape index (κ1) is 15.9. The molecule has 1 aromatic carbocycles. The zero-order valence-electron chi connectivity index (χ0n) is 12.3. The van der Waals surface area contributed by atoms with E-state index in [4.69, 9.17) is 14.2 Å². The maximum absolute atomic E-state index is 12.5. The molecule has 2 aliphatic rings. The summed E-state index contributed by atoms with van der Waals surface area (Å²) in [4.78, 5) is 0.175. The summed E-state index contributed by atoms with van der Waals surface area (Å²) >= 11 is 1.77. The van der Waals surface area contributed by atoms with Crippen molar-refractivity contribution >= 4 is 21.8 Å². The second kappa shape index (κ2) is 6.27. The molecule has 0 aliphatic carbocycles. The topological polar surface area (TPSA) is 73.9 Å². The highest BCUT2D eigenvalue weighted by atomic mass is 32.2. The Labute approximate surface area is 134 Å². The molecule has 1 saturated heterocycles. The lowest BCUT2D eigenvalue weighted by molar-refractivity contribution is 0.0179. The third-order valence-corrected chi connectivity index (χ3v) is 6.53. The number of sulfonamides is 1. The molecule has 1 atom stereocenters. The van der Waals surface area contributed by atoms with Gasteiger partial charge in [0, 0.05) is 25.5 Å². The minimum atomic E-state index is -3.60. The van der Waals surface area contributed by atoms with Gasteiger partial charge in [0.1, 0.15) is 13.2 Å². The van der Waals surface area contributed by atoms with Gasteiger partial charge in [-0.15, -0.1) is 0 Å². The molecular formula is C14H19NO5S2. The number of fused-ring (bicyclic) bond motifs is 1. The molecule has 0 bridgehead atoms. The Kier molecular flexibility index (Phi) is 4.54. The van der Waals surface area contributed by atoms with Crippen LogP contribution in [0.1, 0.15) is 6.42 Å². The molecule has 3 rings (SSSR count). The minimum absolute atomic E-state index is 0.175. The third-order valence-electron chi connectivity index (χ3n) is 3.91. The van der Waals surface area contributed by atoms with Crippen LogP contribution in [-0.4, -0.2) is 52.4 Å². The maximum Gasteiger partial charge on any atom is 0.240 e. The van der Waals surface area contributed by atoms with E-state index in [2.05, 4.69) is 4.72 Å². The van der Waals surface area contributed by atoms with Crippen LogP contribution in [0.3, 0.4) is 0 Å². The van der Waals surface area contributed by atoms with Crippen LogP contribution in [-0.2, 0) is 14.8 Å². The Hall–Kier alpha value is -0.960. The number of hydrogen-bond donors (Lipinski definition) is 1. The Morgan fingerprint density at radius 2 is 2.09 bits per heavy atom. The van der Waals surface area contributed by atoms with E-state index >= 15 is 0 Å². The van der Waals surface area contributed by atoms with Gasteiger partial charge in [-0.25, -0.2) is 13.1 Å². The zero-order chi connectivity index (χ0) is 15.6. The summed E-state index contributed by atoms with van der Waals surface area (Å²) in [5.74, 6) is 2.82. The van der Waals surface area contributed by atoms with Crippen LogP contribution in [0.4, 0.5) is 0 Å². The number of benzene rings is 1. The predicted molar refractivity (Wildman–Crippen MR) is 84.3 cm³/mol. The van der Waals surface area contributed by atoms with Gasteiger partial charge in [-0.3, -0.25) is 0 Å². The molecule has 0 amide bonds. The largest absolute Gasteiger partial charge is 0.486 e. The summed E-state index contributed by atoms with van der Waals surface area (Å²) in [6.07, 6.45) is 0.845. The second-order valence-corrected chi connectivity index (χ2v) is 8.19. The molecule has 0 radical (unpaired) electrons. The van der Waals surface area contributed by atoms with Crippen molar-refractivity contribution in [1.29, 1.82) is 0 Å². The summed E-state index contributed by atoms with van der Waals surface area (Å²) in [6.45, 7) is 1.17. The van der Waals surface area contributed by atoms with Crippen LogP contribution in [0.15, 0.2) is 23.1 Å². The fourth-order valence-electron chi connectivity index (χ4n) is 2.46. The van der Waals surface area contributed by atoms with E-state index in [9.17, 15) is 8.42 Å². The first-order valence-corrected chi connectivity index (χ1v) is 9.71. The smallest absolute Gasteiger partial charge is 0.240 e. The lowest BCUT2D eigenvalue weighted by Crippen LogP contribution is -2.44. The summed E-state index contributed by atoms with van der Waals surface area (Å²) in [5, 5.41) is 0. The standard InChI is InChI=1S/C14H19NO5S2/c1-18-14(4-7-21-10-14)9-15-22(16,17)11-2-3-12-13(8-11)20-6-5-19-12/h2-3,8,15H,4-7,9-10H2,1H3/t14-/m1/s1. The van der Waals surface area contributed by atoms with Gasteiger partial charge in [0.15, 0.2) is 11.5 Å². The first-order valence-electron chi connectivity index (χ1n) is 7.07. The van der Waals surface area contributed by atoms with Crippen LogP contribution in [0, 0.1) is 0 Å². The summed E-state index contributed by atoms with van der Waals surface area (Å²) in [7, 11) is -1.98. The van der Waals surface area contributed by atoms with Crippen molar-refractivity contribution in [3.8, 4) is 11.5 Å². The fraction of sp³-hybridized carbons (Fsp3) is 0.571. The molecule has 122 valence electrons. The molecule has 2 aliphatic heterocycles. The van der Waals surface area contributed by atoms with Crippen molar-refractivity contribution in [2.45, 2.75) is 16.9 Å². The van der Waals surface area contributed by atoms with Crippen LogP contribution < -0.4 is 14.2 Å². The summed E-state index contributed by atoms with van der Waals surface area (Å²) < 4.78 is 43.9. The molecule has 1 fully saturated rings. The summed E-state index contributed by atoms with van der Waals surface area (Å²) in [5.41, 5.74) is -0.411. The Balaban J connectivity index is 1.75. The van der Waals surface area contributed by atoms with E-state index in [1.54, 1.807) is 24.9 Å². The van der Waals surface area contributed by atoms with Crippen molar-refractivity contribution in [2.24, 2.45) is 0 Å². The Morgan fingerprint density at radius 3 is 2.77 bits per heavy atom. The number of hydrogen-bond acceptors (Lipinski definition) is 6. The number of ether oxygens (including phenoxy) is 3. The van der Waals surface area contributed by atoms with Gasteiger partial charge in [0.2, 0.25) is 10.0 Å². The predicted octanol–water partition coefficient (Wildman–Crippen LogP) is 1.26. The van der Waals surface area contributed by atoms with E-state index < -0.39 is 15.6 Å². The number of thioether (sulfide) groups is 1. The van der Waals surface area contributed by atoms with Gasteiger partial charge in [0.05, 0.1) is 10.5 Å². The second-order valence-electron chi connectivity index (χ2n) is 5.32. The molecule has 2 heterocycles. The SMILES string of the molecule is CO[C@@]1(CNS(=O)(=O)c2ccc3c(c2)OCCO3)CCSC1. The fourth-order valence-corrected chi connectivity index (χ4v) is 4.99. The van der Waals surface area contributed by atoms with Crippen molar-refractivity contribution < 1.29 is 22.6 Å². The molecule has 0 unspecified atom stereocenters. The lowest BCUT2D eigenvalue weighted by Gasteiger charge is -2.26. The number of methoxy groups -OCH3 is 1. The first-order chi connectivity index (χ1) is 10.5. The third kappa shape index (κ3) is 3.19. The van der Waals surface area contributed by atoms with Crippen LogP contribution in [0.25, 0.3) is 0 Å². The van der Waals surface area contributed by atoms with E-state index in [0.717, 1.165) is 17.9 Å². The highest BCUT2D eigenvalue weighted by Gasteiger charge is 2.35. The van der Waals surface area contributed by atoms with Crippen LogP contribution in [0.5, 0.6) is 11.5 Å². The molecule has 0 spiro atoms. The molecular weight excluding hydrogens is 326 g/mol. The minimum Gasteiger partial charge on any atom is -0.486 e. The maximum atomic E-state index is 12.5. The highest BCUT2D eigenvalue weighted by Crippen LogP contribution is 2.33. The van der Waals surface area contributed by atoms with Crippen molar-refractivity contribution in [2.75, 3.05) is 38.4 Å². The molecule has 6 nitrogen and oxygen atoms in total. The van der Waals surface area contributed by atoms with Gasteiger partial charge >= 0.3 is 0 Å². The van der Waals surface area contributed by atoms with E-state index in [-0.39, 0.29) is 11.4 Å². The quantitative estimate of drug-likeness (QED) is 0.866. The molecule has 22 heavy (non-hydrogen) atoms. The average Bonchev–Trinajstić information content (AvgIpc) is 3.02. The molecule has 1 aromatic rings. The number of rotatable bonds is 5. The van der Waals surface area contributed by atoms with E-state index in [0.29, 0.717) is 24.7 Å². The normalized spacial score (nSPS) is 24.4. The Morgan fingerprint density at radius 1 is 1.32 bits per heavy atom. The van der Waals surface area contributed by atoms with Gasteiger partial charge in [-0.2, -0.15) is 11.8 Å². The van der Waals surface area contributed by atoms with Gasteiger partial charge in [0.25, 0.3) is 0 Å². The van der Waals surface area contributed by atoms with Crippen molar-refractivity contribution in [3.05, 3.63) is 18.2 Å². The van der Waals surface area contributed by atoms with Gasteiger partial charge < -0.3 is 14.2 Å². The van der Waals surface area contributed by atoms with Gasteiger partial charge in [-0.1, -0.05) is 0 Å². The van der Waals surface area contributed by atoms with E-state index in [1.165, 1.54) is 12.1 Å². The van der Waals surface area contributed by atoms with Crippen LogP contribution in [0.2, 0.25) is 0 Å². The molecule has 8 heteroatoms. The average molecular weight is 345 g/mol. The highest BCUT2D eigenvalue weighted by molar-refractivity contribution is 7.99. The summed E-state index contributed by atoms with van der Waals surface area (Å²) in [6, 6.07) is 4.65. The lowest BCUT2D eigenvalue weighted by atomic mass is 10.0. The molecule has 0 saturated carbocycles. The monoisotopic (exact) mass is 345 g/mol. The van der Waals surface area contributed by atoms with Crippen molar-refractivity contribution in [1.82, 2.24) is 4.72 Å². The molecule has 1 N–H and O–H groups in total. The van der Waals surface area contributed by atoms with Gasteiger partial charge in [-0.05, 0) is 24.3 Å². The molecule has 0 aromatic heterocycles. The van der Waals surface area contributed by atoms with Crippen LogP contribution >= 0.6 is 11.8 Å². The number of nitrogens with one attached hydrogen (secondary N) is 1. The van der Waals surface area contributed by atoms with E-state index in [1.807, 2.05) is 0 Å². The Bertz CT molecular complexity index is 641. The van der Waals surface area contributed by atoms with Crippen molar-refractivity contribution in [3.63, 3.8) is 0 Å².